The van der Waals surface area contributed by atoms with Crippen LogP contribution in [0.1, 0.15) is 38.5 Å². The molecule has 0 atom stereocenters. The van der Waals surface area contributed by atoms with E-state index in [9.17, 15) is 13.7 Å². The SMILES string of the molecule is C=O.NCCCCCNCCN.O=P(O)(O)CNCCCCCNCCN(CP(=O)(O)O)CP(=O)(O)O.O=[P+](O)O. The first-order valence-electron chi connectivity index (χ1n) is 12.5. The zero-order valence-electron chi connectivity index (χ0n) is 23.2. The number of hydrogen-bond acceptors (Lipinski definition) is 11. The smallest absolute Gasteiger partial charge is 0.330 e. The van der Waals surface area contributed by atoms with E-state index in [0.29, 0.717) is 19.6 Å². The summed E-state index contributed by atoms with van der Waals surface area (Å²) in [6.07, 6.45) is 4.15. The van der Waals surface area contributed by atoms with E-state index in [2.05, 4.69) is 16.0 Å². The van der Waals surface area contributed by atoms with E-state index in [1.165, 1.54) is 12.8 Å². The number of rotatable bonds is 22. The van der Waals surface area contributed by atoms with Crippen molar-refractivity contribution in [2.24, 2.45) is 11.5 Å². The Hall–Kier alpha value is -0.1000. The third-order valence-corrected chi connectivity index (χ3v) is 6.45. The molecule has 41 heavy (non-hydrogen) atoms. The van der Waals surface area contributed by atoms with Crippen LogP contribution >= 0.6 is 31.0 Å². The Bertz CT molecular complexity index is 706. The minimum atomic E-state index is -4.40. The number of nitrogens with one attached hydrogen (secondary N) is 3. The van der Waals surface area contributed by atoms with Gasteiger partial charge in [-0.05, 0) is 51.9 Å². The van der Waals surface area contributed by atoms with E-state index in [1.54, 1.807) is 0 Å². The fraction of sp³-hybridized carbons (Fsp3) is 0.944. The molecule has 0 heterocycles. The lowest BCUT2D eigenvalue weighted by Crippen LogP contribution is -2.34. The van der Waals surface area contributed by atoms with E-state index in [4.69, 9.17) is 60.0 Å². The quantitative estimate of drug-likeness (QED) is 0.0440. The second kappa shape index (κ2) is 31.3. The summed E-state index contributed by atoms with van der Waals surface area (Å²) in [5.74, 6) is 0. The van der Waals surface area contributed by atoms with Gasteiger partial charge in [0.1, 0.15) is 19.4 Å². The maximum absolute atomic E-state index is 11.0. The average molecular weight is 684 g/mol. The molecule has 0 bridgehead atoms. The van der Waals surface area contributed by atoms with Crippen LogP contribution in [-0.2, 0) is 23.1 Å². The number of carbonyl (C=O) groups is 1. The zero-order valence-corrected chi connectivity index (χ0v) is 26.8. The van der Waals surface area contributed by atoms with Crippen molar-refractivity contribution in [3.05, 3.63) is 0 Å². The van der Waals surface area contributed by atoms with Crippen molar-refractivity contribution in [2.75, 3.05) is 71.2 Å². The Labute approximate surface area is 242 Å². The lowest BCUT2D eigenvalue weighted by atomic mass is 10.2. The molecule has 0 saturated carbocycles. The van der Waals surface area contributed by atoms with Gasteiger partial charge in [-0.1, -0.05) is 12.8 Å². The highest BCUT2D eigenvalue weighted by Crippen LogP contribution is 2.40. The Morgan fingerprint density at radius 1 is 0.610 bits per heavy atom. The van der Waals surface area contributed by atoms with Gasteiger partial charge in [-0.3, -0.25) is 18.6 Å². The van der Waals surface area contributed by atoms with E-state index in [0.717, 1.165) is 56.8 Å². The predicted octanol–water partition coefficient (Wildman–Crippen LogP) is -1.85. The van der Waals surface area contributed by atoms with Crippen LogP contribution in [0.25, 0.3) is 0 Å². The molecule has 0 aliphatic rings. The molecular formula is C18H51N6O13P4+. The molecular weight excluding hydrogens is 632 g/mol. The Morgan fingerprint density at radius 3 is 1.37 bits per heavy atom. The summed E-state index contributed by atoms with van der Waals surface area (Å²) in [4.78, 5) is 76.2. The van der Waals surface area contributed by atoms with Crippen molar-refractivity contribution in [1.82, 2.24) is 20.9 Å². The molecule has 0 aromatic rings. The molecule has 19 nitrogen and oxygen atoms in total. The minimum Gasteiger partial charge on any atom is -0.330 e. The van der Waals surface area contributed by atoms with Gasteiger partial charge in [-0.15, -0.1) is 9.79 Å². The van der Waals surface area contributed by atoms with Crippen LogP contribution in [0, 0.1) is 0 Å². The first-order valence-corrected chi connectivity index (χ1v) is 19.0. The van der Waals surface area contributed by atoms with E-state index in [1.807, 2.05) is 6.79 Å². The van der Waals surface area contributed by atoms with Crippen LogP contribution in [0.5, 0.6) is 0 Å². The number of hydrogen-bond donors (Lipinski definition) is 13. The topological polar surface area (TPSA) is 339 Å². The Morgan fingerprint density at radius 2 is 1.00 bits per heavy atom. The van der Waals surface area contributed by atoms with Crippen molar-refractivity contribution in [1.29, 1.82) is 0 Å². The summed E-state index contributed by atoms with van der Waals surface area (Å²) in [6.45, 7) is 7.06. The lowest BCUT2D eigenvalue weighted by Gasteiger charge is -2.23. The van der Waals surface area contributed by atoms with Crippen LogP contribution in [0.3, 0.4) is 0 Å². The normalized spacial score (nSPS) is 11.5. The maximum atomic E-state index is 11.0. The molecule has 0 aromatic carbocycles. The highest BCUT2D eigenvalue weighted by molar-refractivity contribution is 7.52. The van der Waals surface area contributed by atoms with Crippen molar-refractivity contribution in [3.63, 3.8) is 0 Å². The Kier molecular flexibility index (Phi) is 36.5. The van der Waals surface area contributed by atoms with Crippen LogP contribution < -0.4 is 27.4 Å². The van der Waals surface area contributed by atoms with E-state index in [-0.39, 0.29) is 12.8 Å². The molecule has 0 spiro atoms. The van der Waals surface area contributed by atoms with Gasteiger partial charge < -0.3 is 61.6 Å². The molecule has 0 rings (SSSR count). The summed E-state index contributed by atoms with van der Waals surface area (Å²) >= 11 is 0. The second-order valence-electron chi connectivity index (χ2n) is 8.28. The average Bonchev–Trinajstić information content (AvgIpc) is 2.81. The highest BCUT2D eigenvalue weighted by atomic mass is 31.2. The molecule has 15 N–H and O–H groups in total. The van der Waals surface area contributed by atoms with E-state index >= 15 is 0 Å². The Balaban J connectivity index is -0.000000351. The molecule has 250 valence electrons. The van der Waals surface area contributed by atoms with Gasteiger partial charge in [0.2, 0.25) is 0 Å². The fourth-order valence-corrected chi connectivity index (χ4v) is 4.90. The zero-order chi connectivity index (χ0) is 32.8. The number of nitrogens with zero attached hydrogens (tertiary/aromatic N) is 1. The number of nitrogens with two attached hydrogens (primary N) is 2. The van der Waals surface area contributed by atoms with Crippen LogP contribution in [0.15, 0.2) is 0 Å². The number of carbonyl (C=O) groups excluding carboxylic acids is 1. The van der Waals surface area contributed by atoms with Gasteiger partial charge in [0.15, 0.2) is 0 Å². The molecule has 0 unspecified atom stereocenters. The second-order valence-corrected chi connectivity index (χ2v) is 13.7. The van der Waals surface area contributed by atoms with Crippen LogP contribution in [0.4, 0.5) is 0 Å². The molecule has 0 fully saturated rings. The van der Waals surface area contributed by atoms with E-state index < -0.39 is 43.6 Å². The molecule has 0 radical (unpaired) electrons. The lowest BCUT2D eigenvalue weighted by molar-refractivity contribution is -0.0980. The molecule has 0 amide bonds. The molecule has 0 aliphatic heterocycles. The first kappa shape index (κ1) is 47.8. The monoisotopic (exact) mass is 683 g/mol. The van der Waals surface area contributed by atoms with Gasteiger partial charge in [0.05, 0.1) is 6.29 Å². The fourth-order valence-electron chi connectivity index (χ4n) is 2.77. The van der Waals surface area contributed by atoms with Crippen LogP contribution in [-0.4, -0.2) is 122 Å². The van der Waals surface area contributed by atoms with Crippen molar-refractivity contribution < 1.29 is 62.2 Å². The van der Waals surface area contributed by atoms with Gasteiger partial charge in [-0.2, -0.15) is 0 Å². The summed E-state index contributed by atoms with van der Waals surface area (Å²) in [5.41, 5.74) is 10.6. The molecule has 23 heteroatoms. The third-order valence-electron chi connectivity index (χ3n) is 4.28. The molecule has 0 aromatic heterocycles. The van der Waals surface area contributed by atoms with Crippen molar-refractivity contribution in [3.8, 4) is 0 Å². The van der Waals surface area contributed by atoms with Crippen molar-refractivity contribution >= 4 is 37.8 Å². The highest BCUT2D eigenvalue weighted by Gasteiger charge is 2.25. The van der Waals surface area contributed by atoms with Crippen molar-refractivity contribution in [2.45, 2.75) is 38.5 Å². The van der Waals surface area contributed by atoms with Crippen LogP contribution in [0.2, 0.25) is 0 Å². The first-order chi connectivity index (χ1) is 18.9. The summed E-state index contributed by atoms with van der Waals surface area (Å²) in [6, 6.07) is 0. The summed E-state index contributed by atoms with van der Waals surface area (Å²) < 4.78 is 41.2. The number of unbranched alkanes of at least 4 members (excludes halogenated alkanes) is 4. The summed E-state index contributed by atoms with van der Waals surface area (Å²) in [5, 5.41) is 8.89. The standard InChI is InChI=1S/C10H28N3O9P3.C7H19N3.CH2O.HO3P/c14-23(15,16)8-12-5-3-1-2-4-11-6-7-13(9-24(17,18)19)10-25(20,21)22;8-4-2-1-3-6-10-7-5-9;1-2;1-4(2)3/h11-12H,1-10H2,(H2,14,15,16)(H2,17,18,19)(H2,20,21,22);10H,1-9H2;1H2;(H-,1,2,3)/p+1. The summed E-state index contributed by atoms with van der Waals surface area (Å²) in [7, 11) is -15.7. The molecule has 0 aliphatic carbocycles. The van der Waals surface area contributed by atoms with Gasteiger partial charge in [0.25, 0.3) is 0 Å². The minimum absolute atomic E-state index is 0.0834. The molecule has 0 saturated heterocycles. The maximum Gasteiger partial charge on any atom is 0.692 e. The largest absolute Gasteiger partial charge is 0.692 e. The van der Waals surface area contributed by atoms with Gasteiger partial charge >= 0.3 is 31.0 Å². The van der Waals surface area contributed by atoms with Gasteiger partial charge in [-0.25, -0.2) is 0 Å². The third kappa shape index (κ3) is 60.0. The van der Waals surface area contributed by atoms with Gasteiger partial charge in [0, 0.05) is 30.7 Å². The predicted molar refractivity (Wildman–Crippen MR) is 156 cm³/mol.